The summed E-state index contributed by atoms with van der Waals surface area (Å²) in [5, 5.41) is 15.6. The van der Waals surface area contributed by atoms with Crippen LogP contribution < -0.4 is 26.2 Å². The van der Waals surface area contributed by atoms with Gasteiger partial charge in [-0.3, -0.25) is 0 Å². The van der Waals surface area contributed by atoms with Gasteiger partial charge in [0.2, 0.25) is 0 Å². The average molecular weight is 892 g/mol. The van der Waals surface area contributed by atoms with Gasteiger partial charge < -0.3 is 9.80 Å². The number of hydrogen-bond acceptors (Lipinski definition) is 3. The first-order chi connectivity index (χ1) is 34.5. The molecule has 2 aliphatic rings. The summed E-state index contributed by atoms with van der Waals surface area (Å²) < 4.78 is 0. The zero-order valence-corrected chi connectivity index (χ0v) is 39.0. The first kappa shape index (κ1) is 41.3. The van der Waals surface area contributed by atoms with Crippen LogP contribution in [0.1, 0.15) is 30.5 Å². The van der Waals surface area contributed by atoms with Crippen LogP contribution in [0.25, 0.3) is 54.9 Å². The fraction of sp³-hybridized carbons (Fsp3) is 0.0455. The van der Waals surface area contributed by atoms with Gasteiger partial charge in [0.1, 0.15) is 0 Å². The van der Waals surface area contributed by atoms with E-state index < -0.39 is 0 Å². The van der Waals surface area contributed by atoms with Crippen molar-refractivity contribution in [2.75, 3.05) is 9.80 Å². The molecule has 3 nitrogen and oxygen atoms in total. The Hall–Kier alpha value is -8.91. The van der Waals surface area contributed by atoms with E-state index in [9.17, 15) is 5.26 Å². The number of para-hydroxylation sites is 3. The summed E-state index contributed by atoms with van der Waals surface area (Å²) in [7, 11) is 0. The van der Waals surface area contributed by atoms with E-state index >= 15 is 0 Å². The molecule has 11 aromatic carbocycles. The third-order valence-corrected chi connectivity index (χ3v) is 14.9. The van der Waals surface area contributed by atoms with Crippen LogP contribution in [0.5, 0.6) is 0 Å². The molecule has 0 saturated heterocycles. The molecule has 13 rings (SSSR count). The van der Waals surface area contributed by atoms with E-state index in [1.165, 1.54) is 55.1 Å². The van der Waals surface area contributed by atoms with Gasteiger partial charge in [-0.2, -0.15) is 5.26 Å². The van der Waals surface area contributed by atoms with Gasteiger partial charge in [0.15, 0.2) is 0 Å². The van der Waals surface area contributed by atoms with Gasteiger partial charge in [-0.1, -0.05) is 190 Å². The van der Waals surface area contributed by atoms with Crippen molar-refractivity contribution in [3.8, 4) is 39.4 Å². The molecule has 0 aromatic heterocycles. The molecule has 0 spiro atoms. The minimum Gasteiger partial charge on any atom is -0.311 e. The quantitative estimate of drug-likeness (QED) is 0.118. The summed E-state index contributed by atoms with van der Waals surface area (Å²) in [6.45, 7) is 4.62. The zero-order chi connectivity index (χ0) is 46.9. The van der Waals surface area contributed by atoms with Gasteiger partial charge >= 0.3 is 0 Å². The van der Waals surface area contributed by atoms with Crippen molar-refractivity contribution in [3.05, 3.63) is 259 Å². The first-order valence-electron chi connectivity index (χ1n) is 24.2. The molecule has 2 aliphatic heterocycles. The van der Waals surface area contributed by atoms with Crippen molar-refractivity contribution < 1.29 is 0 Å². The minimum atomic E-state index is -0.262. The average Bonchev–Trinajstić information content (AvgIpc) is 3.42. The summed E-state index contributed by atoms with van der Waals surface area (Å²) in [6.07, 6.45) is 0. The molecular weight excluding hydrogens is 846 g/mol. The van der Waals surface area contributed by atoms with Crippen molar-refractivity contribution in [2.45, 2.75) is 19.3 Å². The van der Waals surface area contributed by atoms with Crippen LogP contribution >= 0.6 is 0 Å². The number of fused-ring (bicyclic) bond motifs is 6. The Morgan fingerprint density at radius 2 is 0.829 bits per heavy atom. The number of benzene rings is 11. The van der Waals surface area contributed by atoms with Gasteiger partial charge in [-0.05, 0) is 149 Å². The fourth-order valence-corrected chi connectivity index (χ4v) is 11.6. The second kappa shape index (κ2) is 16.4. The highest BCUT2D eigenvalue weighted by Crippen LogP contribution is 2.49. The SMILES string of the molecule is CC(C)(c1ccccc1)c1ccc2c(c1)N(c1ccccc1)c1cc(-c3cc(C#N)cc(-c4c5ccccc5c(-c5ccccc5)c5ccccc45)c3)cc3c1B2c1ccccc1N3c1ccccc1. The normalized spacial score (nSPS) is 12.6. The second-order valence-electron chi connectivity index (χ2n) is 19.1. The highest BCUT2D eigenvalue weighted by atomic mass is 15.2. The van der Waals surface area contributed by atoms with Crippen molar-refractivity contribution in [1.29, 1.82) is 5.26 Å². The smallest absolute Gasteiger partial charge is 0.252 e. The molecule has 0 aliphatic carbocycles. The number of rotatable bonds is 7. The topological polar surface area (TPSA) is 30.3 Å². The Kier molecular flexibility index (Phi) is 9.68. The third-order valence-electron chi connectivity index (χ3n) is 14.9. The molecule has 0 radical (unpaired) electrons. The maximum atomic E-state index is 10.9. The molecule has 328 valence electrons. The number of hydrogen-bond donors (Lipinski definition) is 0. The Morgan fingerprint density at radius 1 is 0.371 bits per heavy atom. The van der Waals surface area contributed by atoms with Crippen LogP contribution in [0.3, 0.4) is 0 Å². The summed E-state index contributed by atoms with van der Waals surface area (Å²) in [4.78, 5) is 4.95. The highest BCUT2D eigenvalue weighted by molar-refractivity contribution is 7.00. The van der Waals surface area contributed by atoms with Crippen molar-refractivity contribution in [3.63, 3.8) is 0 Å². The van der Waals surface area contributed by atoms with E-state index in [0.29, 0.717) is 5.56 Å². The third kappa shape index (κ3) is 6.51. The zero-order valence-electron chi connectivity index (χ0n) is 39.0. The minimum absolute atomic E-state index is 0.0408. The first-order valence-corrected chi connectivity index (χ1v) is 24.2. The van der Waals surface area contributed by atoms with Crippen LogP contribution in [0.4, 0.5) is 34.1 Å². The summed E-state index contributed by atoms with van der Waals surface area (Å²) >= 11 is 0. The van der Waals surface area contributed by atoms with Gasteiger partial charge in [-0.15, -0.1) is 0 Å². The molecule has 4 heteroatoms. The largest absolute Gasteiger partial charge is 0.311 e. The second-order valence-corrected chi connectivity index (χ2v) is 19.1. The number of anilines is 6. The van der Waals surface area contributed by atoms with Crippen LogP contribution in [-0.4, -0.2) is 6.71 Å². The summed E-state index contributed by atoms with van der Waals surface area (Å²) in [5.41, 5.74) is 19.9. The molecule has 70 heavy (non-hydrogen) atoms. The van der Waals surface area contributed by atoms with E-state index in [-0.39, 0.29) is 12.1 Å². The molecule has 0 unspecified atom stereocenters. The highest BCUT2D eigenvalue weighted by Gasteiger charge is 2.44. The van der Waals surface area contributed by atoms with Gasteiger partial charge in [-0.25, -0.2) is 0 Å². The van der Waals surface area contributed by atoms with E-state index in [1.807, 2.05) is 0 Å². The van der Waals surface area contributed by atoms with Crippen molar-refractivity contribution in [2.24, 2.45) is 0 Å². The van der Waals surface area contributed by atoms with E-state index in [4.69, 9.17) is 0 Å². The van der Waals surface area contributed by atoms with E-state index in [2.05, 4.69) is 272 Å². The molecule has 2 heterocycles. The van der Waals surface area contributed by atoms with E-state index in [1.54, 1.807) is 0 Å². The maximum absolute atomic E-state index is 10.9. The predicted octanol–water partition coefficient (Wildman–Crippen LogP) is 15.3. The van der Waals surface area contributed by atoms with Crippen molar-refractivity contribution in [1.82, 2.24) is 0 Å². The van der Waals surface area contributed by atoms with Gasteiger partial charge in [0.25, 0.3) is 6.71 Å². The van der Waals surface area contributed by atoms with Crippen molar-refractivity contribution >= 4 is 78.8 Å². The Morgan fingerprint density at radius 3 is 1.41 bits per heavy atom. The summed E-state index contributed by atoms with van der Waals surface area (Å²) in [6, 6.07) is 90.6. The number of nitrogens with zero attached hydrogens (tertiary/aromatic N) is 3. The molecule has 11 aromatic rings. The maximum Gasteiger partial charge on any atom is 0.252 e. The fourth-order valence-electron chi connectivity index (χ4n) is 11.6. The van der Waals surface area contributed by atoms with Gasteiger partial charge in [0.05, 0.1) is 11.6 Å². The Balaban J connectivity index is 1.10. The molecule has 0 amide bonds. The lowest BCUT2D eigenvalue weighted by molar-refractivity contribution is 0.641. The summed E-state index contributed by atoms with van der Waals surface area (Å²) in [5.74, 6) is 0. The standard InChI is InChI=1S/C66H46BN3/c1-66(2,49-23-9-4-10-24-49)50-35-36-58-60(42-50)70(52-27-13-6-14-28-52)62-41-47(40-61-65(62)67(58)57-33-19-20-34-59(57)69(61)51-25-11-5-12-26-51)46-37-44(43-68)38-48(39-46)64-55-31-17-15-29-53(55)63(45-21-7-3-8-22-45)54-30-16-18-32-56(54)64/h3-42H,1-2H3. The molecular formula is C66H46BN3. The van der Waals surface area contributed by atoms with Crippen LogP contribution in [0.15, 0.2) is 243 Å². The monoisotopic (exact) mass is 891 g/mol. The Bertz CT molecular complexity index is 3820. The molecule has 0 atom stereocenters. The molecule has 0 N–H and O–H groups in total. The lowest BCUT2D eigenvalue weighted by atomic mass is 9.33. The molecule has 0 fully saturated rings. The van der Waals surface area contributed by atoms with Crippen LogP contribution in [-0.2, 0) is 5.41 Å². The lowest BCUT2D eigenvalue weighted by Gasteiger charge is -2.45. The Labute approximate surface area is 409 Å². The molecule has 0 saturated carbocycles. The van der Waals surface area contributed by atoms with Crippen LogP contribution in [0.2, 0.25) is 0 Å². The lowest BCUT2D eigenvalue weighted by Crippen LogP contribution is -2.61. The van der Waals surface area contributed by atoms with Crippen LogP contribution in [0, 0.1) is 11.3 Å². The molecule has 0 bridgehead atoms. The predicted molar refractivity (Wildman–Crippen MR) is 295 cm³/mol. The van der Waals surface area contributed by atoms with E-state index in [0.717, 1.165) is 61.5 Å². The van der Waals surface area contributed by atoms with Gasteiger partial charge in [0, 0.05) is 39.5 Å². The number of nitriles is 1.